The van der Waals surface area contributed by atoms with Crippen molar-refractivity contribution in [1.29, 1.82) is 0 Å². The number of nitrogens with one attached hydrogen (secondary N) is 3. The molecule has 7 rings (SSSR count). The van der Waals surface area contributed by atoms with Crippen molar-refractivity contribution < 1.29 is 28.9 Å². The molecule has 4 aromatic rings. The molecule has 6 atom stereocenters. The van der Waals surface area contributed by atoms with Crippen molar-refractivity contribution in [3.05, 3.63) is 71.4 Å². The summed E-state index contributed by atoms with van der Waals surface area (Å²) in [5, 5.41) is 2.73. The van der Waals surface area contributed by atoms with Crippen LogP contribution in [-0.4, -0.2) is 92.9 Å². The van der Waals surface area contributed by atoms with Crippen LogP contribution in [0.3, 0.4) is 0 Å². The van der Waals surface area contributed by atoms with E-state index in [1.165, 1.54) is 20.6 Å². The van der Waals surface area contributed by atoms with Gasteiger partial charge in [-0.15, -0.1) is 0 Å². The van der Waals surface area contributed by atoms with Crippen molar-refractivity contribution in [1.82, 2.24) is 35.1 Å². The van der Waals surface area contributed by atoms with Crippen molar-refractivity contribution >= 4 is 89.3 Å². The molecule has 2 aromatic carbocycles. The van der Waals surface area contributed by atoms with Crippen molar-refractivity contribution in [2.24, 2.45) is 22.7 Å². The van der Waals surface area contributed by atoms with Crippen LogP contribution in [-0.2, 0) is 24.1 Å². The number of rotatable bonds is 11. The smallest absolute Gasteiger partial charge is 0.407 e. The summed E-state index contributed by atoms with van der Waals surface area (Å²) in [7, 11) is 2.69. The molecule has 2 aliphatic heterocycles. The predicted molar refractivity (Wildman–Crippen MR) is 247 cm³/mol. The van der Waals surface area contributed by atoms with Gasteiger partial charge in [0.1, 0.15) is 23.7 Å². The Labute approximate surface area is 373 Å². The highest BCUT2D eigenvalue weighted by Gasteiger charge is 2.56. The first kappa shape index (κ1) is 49.1. The van der Waals surface area contributed by atoms with Gasteiger partial charge in [0.25, 0.3) is 0 Å². The minimum atomic E-state index is -0.682. The summed E-state index contributed by atoms with van der Waals surface area (Å²) in [6.45, 7) is 8.39. The van der Waals surface area contributed by atoms with Gasteiger partial charge in [-0.2, -0.15) is 58.9 Å². The van der Waals surface area contributed by atoms with Gasteiger partial charge in [0.15, 0.2) is 0 Å². The number of likely N-dealkylation sites (tertiary alicyclic amines) is 2. The van der Waals surface area contributed by atoms with E-state index in [0.717, 1.165) is 70.7 Å². The molecular weight excluding hydrogens is 829 g/mol. The summed E-state index contributed by atoms with van der Waals surface area (Å²) >= 11 is 0. The van der Waals surface area contributed by atoms with Crippen molar-refractivity contribution in [2.75, 3.05) is 20.8 Å². The Morgan fingerprint density at radius 3 is 2.29 bits per heavy atom. The molecule has 320 valence electrons. The first-order chi connectivity index (χ1) is 26.6. The van der Waals surface area contributed by atoms with E-state index in [1.54, 1.807) is 6.20 Å². The molecule has 0 unspecified atom stereocenters. The number of aromatic nitrogens is 4. The van der Waals surface area contributed by atoms with Gasteiger partial charge in [0.2, 0.25) is 18.2 Å². The number of hydrogen-bond acceptors (Lipinski definition) is 9. The summed E-state index contributed by atoms with van der Waals surface area (Å²) in [5.41, 5.74) is 5.18. The zero-order chi connectivity index (χ0) is 38.8. The summed E-state index contributed by atoms with van der Waals surface area (Å²) < 4.78 is 4.79. The van der Waals surface area contributed by atoms with Crippen LogP contribution >= 0.6 is 54.0 Å². The van der Waals surface area contributed by atoms with Crippen LogP contribution in [0.25, 0.3) is 22.3 Å². The Bertz CT molecular complexity index is 2150. The molecule has 18 heteroatoms. The largest absolute Gasteiger partial charge is 0.453 e. The highest BCUT2D eigenvalue weighted by Crippen LogP contribution is 2.53. The number of imidazole rings is 2. The van der Waals surface area contributed by atoms with E-state index in [4.69, 9.17) is 14.6 Å². The van der Waals surface area contributed by atoms with Gasteiger partial charge in [-0.05, 0) is 79.3 Å². The summed E-state index contributed by atoms with van der Waals surface area (Å²) in [6.07, 6.45) is 5.87. The van der Waals surface area contributed by atoms with E-state index in [2.05, 4.69) is 42.0 Å². The number of hydrogen-bond donors (Lipinski definition) is 3. The number of aliphatic imine (C=N–C) groups is 1. The molecule has 3 fully saturated rings. The summed E-state index contributed by atoms with van der Waals surface area (Å²) in [6, 6.07) is 12.4. The molecule has 14 nitrogen and oxygen atoms in total. The van der Waals surface area contributed by atoms with Gasteiger partial charge >= 0.3 is 6.09 Å². The van der Waals surface area contributed by atoms with Crippen LogP contribution in [0.15, 0.2) is 53.7 Å². The fourth-order valence-electron chi connectivity index (χ4n) is 7.81. The maximum absolute atomic E-state index is 13.8. The molecule has 0 radical (unpaired) electrons. The van der Waals surface area contributed by atoms with Crippen molar-refractivity contribution in [2.45, 2.75) is 83.6 Å². The minimum absolute atomic E-state index is 0. The van der Waals surface area contributed by atoms with E-state index in [-0.39, 0.29) is 95.8 Å². The number of ether oxygens (including phenoxy) is 1. The Balaban J connectivity index is 0.00000233. The molecule has 3 aliphatic rings. The lowest BCUT2D eigenvalue weighted by atomic mass is 10.0. The van der Waals surface area contributed by atoms with E-state index >= 15 is 0 Å². The van der Waals surface area contributed by atoms with Crippen LogP contribution in [0.5, 0.6) is 0 Å². The zero-order valence-corrected chi connectivity index (χ0v) is 38.0. The van der Waals surface area contributed by atoms with Gasteiger partial charge in [0, 0.05) is 23.7 Å². The molecule has 3 N–H and O–H groups in total. The number of alkyl carbamates (subject to hydrolysis) is 1. The average Bonchev–Trinajstić information content (AvgIpc) is 3.68. The summed E-state index contributed by atoms with van der Waals surface area (Å²) in [5.74, 6) is 8.20. The van der Waals surface area contributed by atoms with E-state index in [0.29, 0.717) is 12.5 Å². The Morgan fingerprint density at radius 1 is 0.898 bits per heavy atom. The fraction of sp³-hybridized carbons (Fsp3) is 0.463. The van der Waals surface area contributed by atoms with Gasteiger partial charge < -0.3 is 34.7 Å². The number of nitrogens with zero attached hydrogens (tertiary/aromatic N) is 5. The molecule has 4 heterocycles. The lowest BCUT2D eigenvalue weighted by Crippen LogP contribution is -2.52. The van der Waals surface area contributed by atoms with Crippen LogP contribution in [0.1, 0.15) is 88.2 Å². The number of benzene rings is 2. The van der Waals surface area contributed by atoms with Crippen LogP contribution in [0.2, 0.25) is 0 Å². The number of methoxy groups -OCH3 is 1. The molecule has 2 saturated heterocycles. The Morgan fingerprint density at radius 2 is 1.61 bits per heavy atom. The van der Waals surface area contributed by atoms with Crippen molar-refractivity contribution in [3.8, 4) is 23.1 Å². The number of carbonyl (C=O) groups excluding carboxylic acids is 3. The van der Waals surface area contributed by atoms with Crippen LogP contribution in [0.4, 0.5) is 4.79 Å². The van der Waals surface area contributed by atoms with Gasteiger partial charge in [0.05, 0.1) is 49.2 Å². The third-order valence-electron chi connectivity index (χ3n) is 10.8. The Kier molecular flexibility index (Phi) is 17.7. The number of carbonyl (C=O) groups is 3. The van der Waals surface area contributed by atoms with E-state index in [1.807, 2.05) is 80.0 Å². The maximum atomic E-state index is 13.8. The lowest BCUT2D eigenvalue weighted by molar-refractivity contribution is -0.188. The van der Waals surface area contributed by atoms with Gasteiger partial charge in [-0.1, -0.05) is 51.7 Å². The maximum Gasteiger partial charge on any atom is 0.407 e. The topological polar surface area (TPSA) is 167 Å². The number of aromatic amines is 2. The average molecular weight is 885 g/mol. The molecule has 1 aliphatic carbocycles. The van der Waals surface area contributed by atoms with Crippen LogP contribution < -0.4 is 5.32 Å². The number of H-pyrrole nitrogens is 2. The minimum Gasteiger partial charge on any atom is -0.453 e. The third kappa shape index (κ3) is 10.7. The quantitative estimate of drug-likeness (QED) is 0.0531. The first-order valence-corrected chi connectivity index (χ1v) is 18.9. The highest BCUT2D eigenvalue weighted by atomic mass is 32.1. The van der Waals surface area contributed by atoms with Crippen molar-refractivity contribution in [3.63, 3.8) is 0 Å². The highest BCUT2D eigenvalue weighted by molar-refractivity contribution is 7.59. The molecule has 59 heavy (non-hydrogen) atoms. The fourth-order valence-corrected chi connectivity index (χ4v) is 7.81. The molecule has 3 amide bonds. The number of amides is 3. The first-order valence-electron chi connectivity index (χ1n) is 18.9. The van der Waals surface area contributed by atoms with Crippen LogP contribution in [0, 0.1) is 29.6 Å². The lowest BCUT2D eigenvalue weighted by Gasteiger charge is -2.31. The summed E-state index contributed by atoms with van der Waals surface area (Å²) in [4.78, 5) is 73.3. The monoisotopic (exact) mass is 884 g/mol. The zero-order valence-electron chi connectivity index (χ0n) is 34.0. The standard InChI is InChI=1S/C41H48N8O6.4H2S/c1-23(2)35(43-22-55-54-6)39(50)48-17-7-8-32(48)37-42-21-31(46-37)27-14-11-25(12-15-27)9-10-26-13-16-29-30(18-26)45-38(44-29)34-20-28-19-33(28)49(34)40(51)36(24(3)4)47-41(52)53-5;;;;/h11-16,18,21-24,28,32-36H,7-8,17,19-20H2,1-6H3,(H,42,46)(H,44,45)(H,47,52);4*1H2/t28-,32+,33-,34+,35+,36+;;;;/m1..../s1. The third-order valence-corrected chi connectivity index (χ3v) is 10.8. The molecular formula is C41H56N8O6S4. The van der Waals surface area contributed by atoms with E-state index < -0.39 is 18.2 Å². The molecule has 1 saturated carbocycles. The second kappa shape index (κ2) is 21.3. The molecule has 0 bridgehead atoms. The second-order valence-corrected chi connectivity index (χ2v) is 15.2. The Hall–Kier alpha value is -4.28. The second-order valence-electron chi connectivity index (χ2n) is 15.2. The number of fused-ring (bicyclic) bond motifs is 2. The van der Waals surface area contributed by atoms with E-state index in [9.17, 15) is 14.4 Å². The van der Waals surface area contributed by atoms with Gasteiger partial charge in [-0.25, -0.2) is 19.8 Å². The molecule has 0 spiro atoms. The predicted octanol–water partition coefficient (Wildman–Crippen LogP) is 6.14. The molecule has 2 aromatic heterocycles. The van der Waals surface area contributed by atoms with Gasteiger partial charge in [-0.3, -0.25) is 9.59 Å². The number of piperidine rings is 1. The normalized spacial score (nSPS) is 20.0. The SMILES string of the molecule is COOC=N[C@H](C(=O)N1CCC[C@H]1c1ncc(-c2ccc(C#Cc3ccc4nc([C@@H]5C[C@H]6C[C@H]6N5C(=O)[C@@H](NC(=O)OC)C(C)C)[nH]c4c3)cc2)[nH]1)C(C)C.S.S.S.S.